The molecule has 2 aromatic rings. The number of anilines is 1. The van der Waals surface area contributed by atoms with E-state index in [1.165, 1.54) is 0 Å². The molecule has 2 rings (SSSR count). The molecule has 1 aromatic carbocycles. The molecular weight excluding hydrogens is 162 g/mol. The number of fused-ring (bicyclic) bond motifs is 1. The number of benzene rings is 1. The lowest BCUT2D eigenvalue weighted by Gasteiger charge is -1.94. The Morgan fingerprint density at radius 3 is 3.00 bits per heavy atom. The van der Waals surface area contributed by atoms with Gasteiger partial charge in [-0.3, -0.25) is 4.57 Å². The third-order valence-electron chi connectivity index (χ3n) is 1.84. The number of imidazole rings is 1. The van der Waals surface area contributed by atoms with Crippen molar-refractivity contribution in [2.45, 2.75) is 0 Å². The van der Waals surface area contributed by atoms with Crippen molar-refractivity contribution in [3.05, 3.63) is 36.6 Å². The molecule has 3 heteroatoms. The Labute approximate surface area is 75.8 Å². The summed E-state index contributed by atoms with van der Waals surface area (Å²) in [6, 6.07) is 7.74. The zero-order valence-electron chi connectivity index (χ0n) is 7.07. The Kier molecular flexibility index (Phi) is 1.65. The normalized spacial score (nSPS) is 9.85. The Hall–Kier alpha value is -1.99. The van der Waals surface area contributed by atoms with E-state index in [9.17, 15) is 0 Å². The third-order valence-corrected chi connectivity index (χ3v) is 1.84. The Bertz CT molecular complexity index is 490. The molecule has 0 saturated carbocycles. The minimum absolute atomic E-state index is 0.456. The van der Waals surface area contributed by atoms with Crippen LogP contribution in [0.3, 0.4) is 0 Å². The first kappa shape index (κ1) is 7.65. The zero-order chi connectivity index (χ0) is 9.26. The number of aromatic nitrogens is 2. The first-order valence-corrected chi connectivity index (χ1v) is 3.91. The molecule has 0 amide bonds. The topological polar surface area (TPSA) is 43.8 Å². The lowest BCUT2D eigenvalue weighted by Crippen LogP contribution is -1.94. The second kappa shape index (κ2) is 2.81. The molecule has 13 heavy (non-hydrogen) atoms. The van der Waals surface area contributed by atoms with E-state index >= 15 is 0 Å². The number of nitrogen functional groups attached to an aromatic ring is 1. The van der Waals surface area contributed by atoms with Crippen molar-refractivity contribution in [1.82, 2.24) is 9.55 Å². The summed E-state index contributed by atoms with van der Waals surface area (Å²) in [6.07, 6.45) is 1.67. The van der Waals surface area contributed by atoms with Crippen LogP contribution in [0.25, 0.3) is 17.2 Å². The Morgan fingerprint density at radius 1 is 1.46 bits per heavy atom. The van der Waals surface area contributed by atoms with Gasteiger partial charge in [0.1, 0.15) is 0 Å². The second-order valence-corrected chi connectivity index (χ2v) is 2.66. The van der Waals surface area contributed by atoms with E-state index in [1.807, 2.05) is 24.3 Å². The van der Waals surface area contributed by atoms with Crippen LogP contribution >= 0.6 is 0 Å². The molecule has 0 aliphatic heterocycles. The van der Waals surface area contributed by atoms with Gasteiger partial charge in [-0.25, -0.2) is 4.98 Å². The molecule has 1 aromatic heterocycles. The van der Waals surface area contributed by atoms with Crippen molar-refractivity contribution >= 4 is 23.2 Å². The summed E-state index contributed by atoms with van der Waals surface area (Å²) in [4.78, 5) is 4.17. The van der Waals surface area contributed by atoms with Crippen LogP contribution in [0.2, 0.25) is 0 Å². The average Bonchev–Trinajstić information content (AvgIpc) is 2.44. The fourth-order valence-corrected chi connectivity index (χ4v) is 1.29. The number of para-hydroxylation sites is 2. The number of nitrogens with two attached hydrogens (primary N) is 1. The van der Waals surface area contributed by atoms with E-state index in [4.69, 9.17) is 5.73 Å². The fourth-order valence-electron chi connectivity index (χ4n) is 1.29. The van der Waals surface area contributed by atoms with Crippen molar-refractivity contribution in [3.63, 3.8) is 0 Å². The molecule has 0 bridgehead atoms. The predicted molar refractivity (Wildman–Crippen MR) is 54.0 cm³/mol. The largest absolute Gasteiger partial charge is 0.369 e. The maximum atomic E-state index is 5.69. The Morgan fingerprint density at radius 2 is 2.23 bits per heavy atom. The lowest BCUT2D eigenvalue weighted by atomic mass is 10.3. The monoisotopic (exact) mass is 171 g/mol. The quantitative estimate of drug-likeness (QED) is 0.666. The summed E-state index contributed by atoms with van der Waals surface area (Å²) >= 11 is 0. The Balaban J connectivity index is 2.85. The summed E-state index contributed by atoms with van der Waals surface area (Å²) in [6.45, 7) is 3.50. The van der Waals surface area contributed by atoms with Crippen LogP contribution in [0.1, 0.15) is 0 Å². The number of rotatable bonds is 1. The fraction of sp³-hybridized carbons (Fsp3) is 0. The van der Waals surface area contributed by atoms with Crippen LogP contribution in [0.5, 0.6) is 0 Å². The smallest absolute Gasteiger partial charge is 0.205 e. The predicted octanol–water partition coefficient (Wildman–Crippen LogP) is 1.87. The van der Waals surface area contributed by atoms with Crippen LogP contribution in [-0.4, -0.2) is 9.55 Å². The van der Waals surface area contributed by atoms with Gasteiger partial charge in [0.25, 0.3) is 0 Å². The minimum atomic E-state index is 0.456. The summed E-state index contributed by atoms with van der Waals surface area (Å²) in [7, 11) is 0. The van der Waals surface area contributed by atoms with Gasteiger partial charge in [-0.15, -0.1) is 5.73 Å². The third kappa shape index (κ3) is 1.11. The van der Waals surface area contributed by atoms with Gasteiger partial charge in [-0.1, -0.05) is 18.7 Å². The summed E-state index contributed by atoms with van der Waals surface area (Å²) < 4.78 is 1.75. The van der Waals surface area contributed by atoms with Crippen molar-refractivity contribution < 1.29 is 0 Å². The maximum Gasteiger partial charge on any atom is 0.205 e. The van der Waals surface area contributed by atoms with Crippen LogP contribution in [0, 0.1) is 0 Å². The minimum Gasteiger partial charge on any atom is -0.369 e. The molecule has 64 valence electrons. The standard InChI is InChI=1S/C10H9N3/c1-2-7-13-9-6-4-3-5-8(9)12-10(13)11/h3-7H,1H2,(H2,11,12). The summed E-state index contributed by atoms with van der Waals surface area (Å²) in [5.74, 6) is 0.456. The zero-order valence-corrected chi connectivity index (χ0v) is 7.07. The SMILES string of the molecule is C=C=Cn1c(N)nc2ccccc21. The molecule has 0 atom stereocenters. The van der Waals surface area contributed by atoms with E-state index in [-0.39, 0.29) is 0 Å². The second-order valence-electron chi connectivity index (χ2n) is 2.66. The van der Waals surface area contributed by atoms with E-state index < -0.39 is 0 Å². The molecule has 0 fully saturated rings. The van der Waals surface area contributed by atoms with Crippen molar-refractivity contribution in [2.75, 3.05) is 5.73 Å². The molecule has 0 aliphatic rings. The van der Waals surface area contributed by atoms with Gasteiger partial charge >= 0.3 is 0 Å². The highest BCUT2D eigenvalue weighted by Crippen LogP contribution is 2.16. The van der Waals surface area contributed by atoms with E-state index in [0.717, 1.165) is 11.0 Å². The van der Waals surface area contributed by atoms with Crippen molar-refractivity contribution in [1.29, 1.82) is 0 Å². The first-order chi connectivity index (χ1) is 6.33. The highest BCUT2D eigenvalue weighted by molar-refractivity contribution is 5.80. The highest BCUT2D eigenvalue weighted by Gasteiger charge is 2.03. The molecule has 0 radical (unpaired) electrons. The number of hydrogen-bond acceptors (Lipinski definition) is 2. The maximum absolute atomic E-state index is 5.69. The van der Waals surface area contributed by atoms with Gasteiger partial charge in [-0.05, 0) is 12.1 Å². The van der Waals surface area contributed by atoms with Crippen molar-refractivity contribution in [3.8, 4) is 0 Å². The molecule has 0 saturated heterocycles. The molecule has 3 nitrogen and oxygen atoms in total. The van der Waals surface area contributed by atoms with Gasteiger partial charge in [-0.2, -0.15) is 0 Å². The van der Waals surface area contributed by atoms with Crippen LogP contribution in [0.15, 0.2) is 36.6 Å². The van der Waals surface area contributed by atoms with Gasteiger partial charge in [0, 0.05) is 0 Å². The molecule has 0 aliphatic carbocycles. The summed E-state index contributed by atoms with van der Waals surface area (Å²) in [5.41, 5.74) is 10.2. The van der Waals surface area contributed by atoms with Crippen LogP contribution < -0.4 is 5.73 Å². The average molecular weight is 171 g/mol. The van der Waals surface area contributed by atoms with Gasteiger partial charge in [0.15, 0.2) is 0 Å². The van der Waals surface area contributed by atoms with E-state index in [2.05, 4.69) is 17.3 Å². The van der Waals surface area contributed by atoms with Crippen molar-refractivity contribution in [2.24, 2.45) is 0 Å². The molecular formula is C10H9N3. The number of nitrogens with zero attached hydrogens (tertiary/aromatic N) is 2. The van der Waals surface area contributed by atoms with Gasteiger partial charge in [0.2, 0.25) is 5.95 Å². The van der Waals surface area contributed by atoms with Crippen LogP contribution in [-0.2, 0) is 0 Å². The van der Waals surface area contributed by atoms with Gasteiger partial charge in [0.05, 0.1) is 17.2 Å². The van der Waals surface area contributed by atoms with Gasteiger partial charge < -0.3 is 5.73 Å². The lowest BCUT2D eigenvalue weighted by molar-refractivity contribution is 1.19. The highest BCUT2D eigenvalue weighted by atomic mass is 15.1. The van der Waals surface area contributed by atoms with E-state index in [1.54, 1.807) is 10.8 Å². The molecule has 0 unspecified atom stereocenters. The number of hydrogen-bond donors (Lipinski definition) is 1. The first-order valence-electron chi connectivity index (χ1n) is 3.91. The summed E-state index contributed by atoms with van der Waals surface area (Å²) in [5, 5.41) is 0. The molecule has 0 spiro atoms. The van der Waals surface area contributed by atoms with E-state index in [0.29, 0.717) is 5.95 Å². The molecule has 1 heterocycles. The van der Waals surface area contributed by atoms with Crippen LogP contribution in [0.4, 0.5) is 5.95 Å². The molecule has 2 N–H and O–H groups in total.